The molecule has 7 nitrogen and oxygen atoms in total. The number of hydrogen-bond acceptors (Lipinski definition) is 6. The zero-order valence-electron chi connectivity index (χ0n) is 22.8. The Bertz CT molecular complexity index is 1230. The Labute approximate surface area is 245 Å². The third kappa shape index (κ3) is 11.7. The molecular formula is C30H36LiN2O5S. The Kier molecular flexibility index (Phi) is 14.4. The largest absolute Gasteiger partial charge is 0.497 e. The summed E-state index contributed by atoms with van der Waals surface area (Å²) < 4.78 is 23.9. The van der Waals surface area contributed by atoms with Crippen LogP contribution < -0.4 is 15.2 Å². The van der Waals surface area contributed by atoms with Crippen molar-refractivity contribution in [3.63, 3.8) is 0 Å². The number of carboxylic acid groups (broad SMARTS) is 1. The molecule has 3 N–H and O–H groups in total. The number of carbonyl (C=O) groups is 1. The predicted molar refractivity (Wildman–Crippen MR) is 158 cm³/mol. The molecule has 1 radical (unpaired) electrons. The first-order chi connectivity index (χ1) is 18.4. The minimum absolute atomic E-state index is 0. The summed E-state index contributed by atoms with van der Waals surface area (Å²) in [6.45, 7) is 0.524. The van der Waals surface area contributed by atoms with Crippen LogP contribution in [0.3, 0.4) is 0 Å². The third-order valence-electron chi connectivity index (χ3n) is 6.00. The summed E-state index contributed by atoms with van der Waals surface area (Å²) in [6.07, 6.45) is 10.2. The van der Waals surface area contributed by atoms with Crippen molar-refractivity contribution in [3.8, 4) is 11.5 Å². The van der Waals surface area contributed by atoms with Crippen LogP contribution in [0.2, 0.25) is 0 Å². The minimum Gasteiger partial charge on any atom is -0.497 e. The quantitative estimate of drug-likeness (QED) is 0.104. The van der Waals surface area contributed by atoms with E-state index in [2.05, 4.69) is 17.1 Å². The van der Waals surface area contributed by atoms with E-state index in [-0.39, 0.29) is 24.6 Å². The fourth-order valence-electron chi connectivity index (χ4n) is 3.96. The number of nitrogens with two attached hydrogens (primary N) is 1. The summed E-state index contributed by atoms with van der Waals surface area (Å²) in [5.41, 5.74) is 8.67. The molecule has 0 spiro atoms. The van der Waals surface area contributed by atoms with E-state index in [0.29, 0.717) is 34.3 Å². The number of aliphatic carboxylic acids is 1. The van der Waals surface area contributed by atoms with Gasteiger partial charge in [0.1, 0.15) is 17.2 Å². The monoisotopic (exact) mass is 543 g/mol. The van der Waals surface area contributed by atoms with Gasteiger partial charge in [0, 0.05) is 35.5 Å². The standard InChI is InChI=1S/C30H36N2O5S.Li/c1-36-26-15-12-23(13-16-26)9-6-4-2-3-5-7-20-37-29-18-14-25(32-28(29)17-19-30(33)34)22-38(35)27-11-8-10-24(31)21-27;/h8,10-19,21H,2-7,9,20,22,31H2,1H3,(H,33,34);/b19-17+;. The van der Waals surface area contributed by atoms with Crippen molar-refractivity contribution in [1.29, 1.82) is 0 Å². The molecule has 0 saturated heterocycles. The number of anilines is 1. The number of aromatic nitrogens is 1. The summed E-state index contributed by atoms with van der Waals surface area (Å²) in [7, 11) is 0.353. The average molecular weight is 544 g/mol. The third-order valence-corrected chi connectivity index (χ3v) is 7.34. The van der Waals surface area contributed by atoms with Gasteiger partial charge in [0.25, 0.3) is 0 Å². The zero-order valence-corrected chi connectivity index (χ0v) is 23.6. The molecule has 0 aliphatic carbocycles. The van der Waals surface area contributed by atoms with Gasteiger partial charge < -0.3 is 20.3 Å². The van der Waals surface area contributed by atoms with Gasteiger partial charge in [0.2, 0.25) is 0 Å². The molecule has 3 rings (SSSR count). The first kappa shape index (κ1) is 32.2. The van der Waals surface area contributed by atoms with E-state index in [1.165, 1.54) is 30.9 Å². The first-order valence-corrected chi connectivity index (χ1v) is 14.2. The van der Waals surface area contributed by atoms with Crippen LogP contribution in [-0.4, -0.2) is 52.8 Å². The van der Waals surface area contributed by atoms with Crippen LogP contribution in [0.4, 0.5) is 5.69 Å². The number of methoxy groups -OCH3 is 1. The zero-order chi connectivity index (χ0) is 27.2. The van der Waals surface area contributed by atoms with E-state index in [1.807, 2.05) is 12.1 Å². The predicted octanol–water partition coefficient (Wildman–Crippen LogP) is 5.66. The van der Waals surface area contributed by atoms with E-state index in [0.717, 1.165) is 37.5 Å². The van der Waals surface area contributed by atoms with Gasteiger partial charge in [-0.2, -0.15) is 0 Å². The van der Waals surface area contributed by atoms with Gasteiger partial charge in [-0.1, -0.05) is 43.9 Å². The number of ether oxygens (including phenoxy) is 2. The fraction of sp³-hybridized carbons (Fsp3) is 0.333. The van der Waals surface area contributed by atoms with Crippen LogP contribution in [0.25, 0.3) is 6.08 Å². The molecule has 203 valence electrons. The SMILES string of the molecule is COc1ccc(CCCCCCCCOc2ccc(CS(=O)c3cccc(N)c3)nc2/C=C/C(=O)O)cc1.[Li]. The van der Waals surface area contributed by atoms with Crippen LogP contribution in [0.1, 0.15) is 55.5 Å². The van der Waals surface area contributed by atoms with Crippen molar-refractivity contribution in [2.75, 3.05) is 19.5 Å². The molecule has 0 amide bonds. The second-order valence-corrected chi connectivity index (χ2v) is 10.4. The van der Waals surface area contributed by atoms with Gasteiger partial charge in [-0.25, -0.2) is 9.78 Å². The van der Waals surface area contributed by atoms with E-state index >= 15 is 0 Å². The molecule has 0 fully saturated rings. The number of unbranched alkanes of at least 4 members (excludes halogenated alkanes) is 5. The fourth-order valence-corrected chi connectivity index (χ4v) is 5.06. The molecule has 0 saturated carbocycles. The number of nitrogens with zero attached hydrogens (tertiary/aromatic N) is 1. The van der Waals surface area contributed by atoms with Crippen molar-refractivity contribution in [1.82, 2.24) is 4.98 Å². The number of nitrogen functional groups attached to an aromatic ring is 1. The number of pyridine rings is 1. The Hall–Kier alpha value is -3.05. The second kappa shape index (κ2) is 17.5. The molecule has 3 aromatic rings. The minimum atomic E-state index is -1.33. The first-order valence-electron chi connectivity index (χ1n) is 12.8. The van der Waals surface area contributed by atoms with Crippen LogP contribution in [-0.2, 0) is 27.8 Å². The van der Waals surface area contributed by atoms with Crippen LogP contribution in [0.5, 0.6) is 11.5 Å². The van der Waals surface area contributed by atoms with E-state index in [1.54, 1.807) is 43.5 Å². The van der Waals surface area contributed by atoms with E-state index in [9.17, 15) is 9.00 Å². The van der Waals surface area contributed by atoms with Crippen molar-refractivity contribution in [2.45, 2.75) is 55.6 Å². The average Bonchev–Trinajstić information content (AvgIpc) is 2.92. The number of benzene rings is 2. The second-order valence-electron chi connectivity index (χ2n) is 8.99. The summed E-state index contributed by atoms with van der Waals surface area (Å²) in [4.78, 5) is 16.2. The van der Waals surface area contributed by atoms with Gasteiger partial charge in [-0.05, 0) is 73.4 Å². The Morgan fingerprint density at radius 2 is 1.72 bits per heavy atom. The number of rotatable bonds is 16. The summed E-state index contributed by atoms with van der Waals surface area (Å²) >= 11 is 0. The van der Waals surface area contributed by atoms with E-state index in [4.69, 9.17) is 20.3 Å². The maximum Gasteiger partial charge on any atom is 0.328 e. The molecule has 0 aliphatic rings. The smallest absolute Gasteiger partial charge is 0.328 e. The van der Waals surface area contributed by atoms with Gasteiger partial charge in [-0.3, -0.25) is 4.21 Å². The maximum atomic E-state index is 12.7. The van der Waals surface area contributed by atoms with E-state index < -0.39 is 16.8 Å². The summed E-state index contributed by atoms with van der Waals surface area (Å²) in [5.74, 6) is 0.521. The number of carboxylic acids is 1. The number of aryl methyl sites for hydroxylation is 1. The molecule has 1 atom stereocenters. The van der Waals surface area contributed by atoms with Gasteiger partial charge in [0.05, 0.1) is 36.0 Å². The van der Waals surface area contributed by atoms with Gasteiger partial charge in [0.15, 0.2) is 0 Å². The van der Waals surface area contributed by atoms with Crippen LogP contribution >= 0.6 is 0 Å². The Morgan fingerprint density at radius 3 is 2.41 bits per heavy atom. The van der Waals surface area contributed by atoms with Crippen molar-refractivity contribution in [3.05, 3.63) is 83.7 Å². The molecular weight excluding hydrogens is 507 g/mol. The molecule has 1 unspecified atom stereocenters. The Balaban J connectivity index is 0.00000533. The topological polar surface area (TPSA) is 112 Å². The molecule has 1 aromatic heterocycles. The summed E-state index contributed by atoms with van der Waals surface area (Å²) in [6, 6.07) is 18.7. The van der Waals surface area contributed by atoms with Crippen molar-refractivity contribution >= 4 is 47.4 Å². The van der Waals surface area contributed by atoms with Crippen molar-refractivity contribution in [2.24, 2.45) is 0 Å². The molecule has 0 bridgehead atoms. The van der Waals surface area contributed by atoms with Gasteiger partial charge in [-0.15, -0.1) is 0 Å². The Morgan fingerprint density at radius 1 is 1.00 bits per heavy atom. The molecule has 1 heterocycles. The van der Waals surface area contributed by atoms with Crippen LogP contribution in [0.15, 0.2) is 71.6 Å². The number of hydrogen-bond donors (Lipinski definition) is 2. The molecule has 0 aliphatic heterocycles. The van der Waals surface area contributed by atoms with Crippen molar-refractivity contribution < 1.29 is 23.6 Å². The maximum absolute atomic E-state index is 12.7. The molecule has 9 heteroatoms. The molecule has 2 aromatic carbocycles. The van der Waals surface area contributed by atoms with Crippen LogP contribution in [0, 0.1) is 0 Å². The summed E-state index contributed by atoms with van der Waals surface area (Å²) in [5, 5.41) is 9.05. The molecule has 39 heavy (non-hydrogen) atoms. The van der Waals surface area contributed by atoms with Gasteiger partial charge >= 0.3 is 5.97 Å². The normalized spacial score (nSPS) is 11.6.